The molecule has 0 rings (SSSR count). The molecular weight excluding hydrogens is 669 g/mol. The lowest BCUT2D eigenvalue weighted by molar-refractivity contribution is -0.161. The van der Waals surface area contributed by atoms with Crippen molar-refractivity contribution in [2.24, 2.45) is 0 Å². The van der Waals surface area contributed by atoms with Gasteiger partial charge in [0, 0.05) is 12.8 Å². The van der Waals surface area contributed by atoms with Crippen LogP contribution in [0.1, 0.15) is 194 Å². The van der Waals surface area contributed by atoms with E-state index in [1.54, 1.807) is 0 Å². The Hall–Kier alpha value is -2.92. The van der Waals surface area contributed by atoms with Crippen LogP contribution >= 0.6 is 0 Å². The van der Waals surface area contributed by atoms with Crippen LogP contribution in [0.25, 0.3) is 0 Å². The summed E-state index contributed by atoms with van der Waals surface area (Å²) < 4.78 is 10.6. The molecule has 0 amide bonds. The molecular formula is C49H82O5. The lowest BCUT2D eigenvalue weighted by atomic mass is 10.1. The van der Waals surface area contributed by atoms with Crippen molar-refractivity contribution < 1.29 is 24.2 Å². The molecule has 0 saturated heterocycles. The Morgan fingerprint density at radius 2 is 0.796 bits per heavy atom. The van der Waals surface area contributed by atoms with Crippen molar-refractivity contribution >= 4 is 11.9 Å². The summed E-state index contributed by atoms with van der Waals surface area (Å²) in [7, 11) is 0. The molecule has 0 spiro atoms. The largest absolute Gasteiger partial charge is 0.462 e. The fourth-order valence-corrected chi connectivity index (χ4v) is 5.85. The van der Waals surface area contributed by atoms with Crippen LogP contribution in [0.3, 0.4) is 0 Å². The minimum Gasteiger partial charge on any atom is -0.462 e. The molecule has 0 aromatic heterocycles. The predicted molar refractivity (Wildman–Crippen MR) is 233 cm³/mol. The molecule has 5 nitrogen and oxygen atoms in total. The molecule has 1 N–H and O–H groups in total. The Bertz CT molecular complexity index is 1030. The van der Waals surface area contributed by atoms with E-state index in [1.165, 1.54) is 77.0 Å². The van der Waals surface area contributed by atoms with Crippen molar-refractivity contribution in [1.29, 1.82) is 0 Å². The number of esters is 2. The standard InChI is InChI=1S/C49H82O5/c1-3-5-7-9-11-13-15-17-19-21-22-23-24-25-26-28-30-32-34-36-38-40-42-44-49(52)54-47(45-50)46-53-48(51)43-41-39-37-35-33-31-29-27-20-18-16-14-12-10-8-6-4-2/h5,7,11-14,17-20,22-23,25-26,47,50H,3-4,6,8-10,15-16,21,24,27-46H2,1-2H3/b7-5-,13-11-,14-12-,19-17-,20-18-,23-22-,26-25-. The van der Waals surface area contributed by atoms with Crippen molar-refractivity contribution in [2.45, 2.75) is 200 Å². The maximum atomic E-state index is 12.2. The number of ether oxygens (including phenoxy) is 2. The average Bonchev–Trinajstić information content (AvgIpc) is 3.17. The van der Waals surface area contributed by atoms with Crippen molar-refractivity contribution in [1.82, 2.24) is 0 Å². The summed E-state index contributed by atoms with van der Waals surface area (Å²) in [5.41, 5.74) is 0. The van der Waals surface area contributed by atoms with E-state index in [-0.39, 0.29) is 25.2 Å². The molecule has 54 heavy (non-hydrogen) atoms. The molecule has 0 saturated carbocycles. The first-order chi connectivity index (χ1) is 26.6. The molecule has 0 heterocycles. The minimum atomic E-state index is -0.786. The van der Waals surface area contributed by atoms with Gasteiger partial charge in [-0.2, -0.15) is 0 Å². The van der Waals surface area contributed by atoms with Gasteiger partial charge in [0.2, 0.25) is 0 Å². The van der Waals surface area contributed by atoms with Crippen molar-refractivity contribution in [3.63, 3.8) is 0 Å². The van der Waals surface area contributed by atoms with Crippen LogP contribution in [0.2, 0.25) is 0 Å². The van der Waals surface area contributed by atoms with Crippen LogP contribution in [0.4, 0.5) is 0 Å². The zero-order valence-electron chi connectivity index (χ0n) is 35.0. The van der Waals surface area contributed by atoms with E-state index in [1.807, 2.05) is 0 Å². The molecule has 308 valence electrons. The topological polar surface area (TPSA) is 72.8 Å². The van der Waals surface area contributed by atoms with Crippen LogP contribution in [0.5, 0.6) is 0 Å². The first-order valence-corrected chi connectivity index (χ1v) is 22.1. The highest BCUT2D eigenvalue weighted by molar-refractivity contribution is 5.70. The van der Waals surface area contributed by atoms with Gasteiger partial charge in [0.05, 0.1) is 6.61 Å². The third kappa shape index (κ3) is 41.8. The van der Waals surface area contributed by atoms with Crippen LogP contribution in [0.15, 0.2) is 85.1 Å². The first-order valence-electron chi connectivity index (χ1n) is 22.1. The second-order valence-electron chi connectivity index (χ2n) is 14.4. The number of rotatable bonds is 39. The van der Waals surface area contributed by atoms with Crippen LogP contribution in [-0.4, -0.2) is 36.4 Å². The third-order valence-electron chi connectivity index (χ3n) is 9.17. The van der Waals surface area contributed by atoms with Gasteiger partial charge in [-0.3, -0.25) is 9.59 Å². The summed E-state index contributed by atoms with van der Waals surface area (Å²) in [6.07, 6.45) is 60.7. The highest BCUT2D eigenvalue weighted by Gasteiger charge is 2.16. The summed E-state index contributed by atoms with van der Waals surface area (Å²) >= 11 is 0. The molecule has 0 fully saturated rings. The number of hydrogen-bond donors (Lipinski definition) is 1. The predicted octanol–water partition coefficient (Wildman–Crippen LogP) is 14.3. The molecule has 5 heteroatoms. The number of unbranched alkanes of at least 4 members (excludes halogenated alkanes) is 17. The van der Waals surface area contributed by atoms with Crippen LogP contribution in [-0.2, 0) is 19.1 Å². The normalized spacial score (nSPS) is 13.0. The van der Waals surface area contributed by atoms with Gasteiger partial charge >= 0.3 is 11.9 Å². The maximum absolute atomic E-state index is 12.2. The lowest BCUT2D eigenvalue weighted by Gasteiger charge is -2.15. The Morgan fingerprint density at radius 3 is 1.20 bits per heavy atom. The van der Waals surface area contributed by atoms with E-state index >= 15 is 0 Å². The monoisotopic (exact) mass is 751 g/mol. The number of carbonyl (C=O) groups is 2. The van der Waals surface area contributed by atoms with Crippen molar-refractivity contribution in [3.05, 3.63) is 85.1 Å². The number of aliphatic hydroxyl groups is 1. The Balaban J connectivity index is 3.61. The van der Waals surface area contributed by atoms with Crippen LogP contribution in [0, 0.1) is 0 Å². The maximum Gasteiger partial charge on any atom is 0.306 e. The van der Waals surface area contributed by atoms with E-state index in [2.05, 4.69) is 98.9 Å². The molecule has 0 aliphatic heterocycles. The fraction of sp³-hybridized carbons (Fsp3) is 0.673. The van der Waals surface area contributed by atoms with Gasteiger partial charge in [0.25, 0.3) is 0 Å². The number of hydrogen-bond acceptors (Lipinski definition) is 5. The molecule has 0 bridgehead atoms. The zero-order valence-corrected chi connectivity index (χ0v) is 35.0. The Kier molecular flexibility index (Phi) is 42.1. The van der Waals surface area contributed by atoms with Gasteiger partial charge in [-0.05, 0) is 89.9 Å². The van der Waals surface area contributed by atoms with Gasteiger partial charge in [-0.25, -0.2) is 0 Å². The molecule has 1 atom stereocenters. The van der Waals surface area contributed by atoms with Gasteiger partial charge in [0.15, 0.2) is 6.10 Å². The third-order valence-corrected chi connectivity index (χ3v) is 9.17. The smallest absolute Gasteiger partial charge is 0.306 e. The number of aliphatic hydroxyl groups excluding tert-OH is 1. The molecule has 0 aliphatic rings. The lowest BCUT2D eigenvalue weighted by Crippen LogP contribution is -2.28. The summed E-state index contributed by atoms with van der Waals surface area (Å²) in [5, 5.41) is 9.59. The van der Waals surface area contributed by atoms with E-state index < -0.39 is 6.10 Å². The minimum absolute atomic E-state index is 0.0790. The summed E-state index contributed by atoms with van der Waals surface area (Å²) in [6, 6.07) is 0. The summed E-state index contributed by atoms with van der Waals surface area (Å²) in [4.78, 5) is 24.4. The van der Waals surface area contributed by atoms with Gasteiger partial charge < -0.3 is 14.6 Å². The van der Waals surface area contributed by atoms with Crippen molar-refractivity contribution in [2.75, 3.05) is 13.2 Å². The second kappa shape index (κ2) is 44.5. The zero-order chi connectivity index (χ0) is 39.3. The van der Waals surface area contributed by atoms with E-state index in [9.17, 15) is 14.7 Å². The number of carbonyl (C=O) groups excluding carboxylic acids is 2. The molecule has 0 radical (unpaired) electrons. The Morgan fingerprint density at radius 1 is 0.444 bits per heavy atom. The molecule has 1 unspecified atom stereocenters. The fourth-order valence-electron chi connectivity index (χ4n) is 5.85. The van der Waals surface area contributed by atoms with E-state index in [0.29, 0.717) is 12.8 Å². The summed E-state index contributed by atoms with van der Waals surface area (Å²) in [5.74, 6) is -0.617. The highest BCUT2D eigenvalue weighted by Crippen LogP contribution is 2.13. The molecule has 0 aromatic carbocycles. The number of allylic oxidation sites excluding steroid dienone is 14. The van der Waals surface area contributed by atoms with Gasteiger partial charge in [0.1, 0.15) is 6.61 Å². The van der Waals surface area contributed by atoms with Crippen molar-refractivity contribution in [3.8, 4) is 0 Å². The summed E-state index contributed by atoms with van der Waals surface area (Å²) in [6.45, 7) is 3.98. The van der Waals surface area contributed by atoms with Gasteiger partial charge in [-0.1, -0.05) is 176 Å². The van der Waals surface area contributed by atoms with Crippen LogP contribution < -0.4 is 0 Å². The van der Waals surface area contributed by atoms with E-state index in [4.69, 9.17) is 9.47 Å². The quantitative estimate of drug-likeness (QED) is 0.0385. The highest BCUT2D eigenvalue weighted by atomic mass is 16.6. The SMILES string of the molecule is CC/C=C\C/C=C\C/C=C\C/C=C\C/C=C\CCCCCCCCCC(=O)OC(CO)COC(=O)CCCCCCCCC/C=C\C/C=C\CCCCC. The molecule has 0 aliphatic carbocycles. The first kappa shape index (κ1) is 51.1. The van der Waals surface area contributed by atoms with E-state index in [0.717, 1.165) is 89.9 Å². The van der Waals surface area contributed by atoms with Gasteiger partial charge in [-0.15, -0.1) is 0 Å². The molecule has 0 aromatic rings. The Labute approximate surface area is 333 Å². The second-order valence-corrected chi connectivity index (χ2v) is 14.4. The average molecular weight is 751 g/mol.